The summed E-state index contributed by atoms with van der Waals surface area (Å²) in [5.74, 6) is -0.00532. The number of hydrogen-bond acceptors (Lipinski definition) is 4. The van der Waals surface area contributed by atoms with E-state index in [1.807, 2.05) is 0 Å². The van der Waals surface area contributed by atoms with Crippen LogP contribution in [0.3, 0.4) is 0 Å². The lowest BCUT2D eigenvalue weighted by molar-refractivity contribution is 0.0916. The number of amides is 1. The fourth-order valence-corrected chi connectivity index (χ4v) is 2.20. The number of ether oxygens (including phenoxy) is 1. The zero-order chi connectivity index (χ0) is 10.7. The van der Waals surface area contributed by atoms with Crippen LogP contribution in [0.4, 0.5) is 0 Å². The van der Waals surface area contributed by atoms with Gasteiger partial charge >= 0.3 is 0 Å². The molecule has 0 atom stereocenters. The molecular weight excluding hydrogens is 212 g/mol. The molecule has 0 unspecified atom stereocenters. The number of nitrogens with zero attached hydrogens (tertiary/aromatic N) is 1. The van der Waals surface area contributed by atoms with Crippen LogP contribution in [0.2, 0.25) is 0 Å². The van der Waals surface area contributed by atoms with Crippen LogP contribution in [0.5, 0.6) is 0 Å². The number of nitrogens with one attached hydrogen (secondary N) is 1. The summed E-state index contributed by atoms with van der Waals surface area (Å²) >= 11 is 1.37. The van der Waals surface area contributed by atoms with Crippen molar-refractivity contribution < 1.29 is 9.53 Å². The molecule has 1 aromatic heterocycles. The van der Waals surface area contributed by atoms with Crippen LogP contribution in [-0.2, 0) is 11.3 Å². The molecule has 0 bridgehead atoms. The molecule has 1 aliphatic carbocycles. The third-order valence-electron chi connectivity index (χ3n) is 2.57. The number of aromatic nitrogens is 1. The molecule has 1 heterocycles. The van der Waals surface area contributed by atoms with Crippen LogP contribution in [0.15, 0.2) is 5.51 Å². The number of thiazole rings is 1. The Hall–Kier alpha value is -0.940. The topological polar surface area (TPSA) is 51.2 Å². The number of hydrogen-bond donors (Lipinski definition) is 1. The third-order valence-corrected chi connectivity index (χ3v) is 3.44. The van der Waals surface area contributed by atoms with E-state index in [9.17, 15) is 4.79 Å². The monoisotopic (exact) mass is 226 g/mol. The minimum atomic E-state index is -0.00532. The summed E-state index contributed by atoms with van der Waals surface area (Å²) in [6, 6.07) is 0.370. The summed E-state index contributed by atoms with van der Waals surface area (Å²) in [7, 11) is 1.60. The molecule has 1 aromatic rings. The van der Waals surface area contributed by atoms with Crippen LogP contribution >= 0.6 is 11.3 Å². The highest BCUT2D eigenvalue weighted by Gasteiger charge is 2.22. The zero-order valence-corrected chi connectivity index (χ0v) is 9.47. The van der Waals surface area contributed by atoms with E-state index in [1.54, 1.807) is 12.6 Å². The summed E-state index contributed by atoms with van der Waals surface area (Å²) < 4.78 is 4.99. The van der Waals surface area contributed by atoms with Crippen molar-refractivity contribution in [1.29, 1.82) is 0 Å². The van der Waals surface area contributed by atoms with E-state index < -0.39 is 0 Å². The highest BCUT2D eigenvalue weighted by atomic mass is 32.1. The van der Waals surface area contributed by atoms with Gasteiger partial charge in [0.05, 0.1) is 17.8 Å². The maximum absolute atomic E-state index is 11.8. The van der Waals surface area contributed by atoms with Gasteiger partial charge in [-0.3, -0.25) is 4.79 Å². The molecule has 15 heavy (non-hydrogen) atoms. The Labute approximate surface area is 92.7 Å². The van der Waals surface area contributed by atoms with E-state index in [2.05, 4.69) is 10.3 Å². The second-order valence-corrected chi connectivity index (χ2v) is 4.52. The normalized spacial score (nSPS) is 16.1. The van der Waals surface area contributed by atoms with Gasteiger partial charge in [-0.25, -0.2) is 4.98 Å². The first-order valence-corrected chi connectivity index (χ1v) is 5.91. The third kappa shape index (κ3) is 2.35. The van der Waals surface area contributed by atoms with Gasteiger partial charge in [0, 0.05) is 13.2 Å². The summed E-state index contributed by atoms with van der Waals surface area (Å²) in [6.45, 7) is 0.400. The molecule has 5 heteroatoms. The molecule has 0 aromatic carbocycles. The van der Waals surface area contributed by atoms with Gasteiger partial charge in [-0.15, -0.1) is 11.3 Å². The smallest absolute Gasteiger partial charge is 0.263 e. The van der Waals surface area contributed by atoms with Crippen LogP contribution in [0.1, 0.15) is 34.6 Å². The van der Waals surface area contributed by atoms with Gasteiger partial charge in [0.1, 0.15) is 4.88 Å². The van der Waals surface area contributed by atoms with Crippen LogP contribution in [0, 0.1) is 0 Å². The number of rotatable bonds is 4. The van der Waals surface area contributed by atoms with Crippen molar-refractivity contribution in [3.05, 3.63) is 16.1 Å². The standard InChI is InChI=1S/C10H14N2O2S/c1-14-5-8-9(15-6-11-8)10(13)12-7-3-2-4-7/h6-7H,2-5H2,1H3,(H,12,13). The molecule has 1 aliphatic rings. The van der Waals surface area contributed by atoms with E-state index in [1.165, 1.54) is 17.8 Å². The predicted molar refractivity (Wildman–Crippen MR) is 57.9 cm³/mol. The van der Waals surface area contributed by atoms with Gasteiger partial charge in [-0.05, 0) is 19.3 Å². The minimum Gasteiger partial charge on any atom is -0.378 e. The largest absolute Gasteiger partial charge is 0.378 e. The fourth-order valence-electron chi connectivity index (χ4n) is 1.50. The number of carbonyl (C=O) groups is 1. The van der Waals surface area contributed by atoms with Crippen molar-refractivity contribution in [2.24, 2.45) is 0 Å². The molecule has 0 radical (unpaired) electrons. The molecule has 1 saturated carbocycles. The number of carbonyl (C=O) groups excluding carboxylic acids is 1. The van der Waals surface area contributed by atoms with Gasteiger partial charge < -0.3 is 10.1 Å². The molecular formula is C10H14N2O2S. The molecule has 0 aliphatic heterocycles. The Morgan fingerprint density at radius 1 is 1.73 bits per heavy atom. The Morgan fingerprint density at radius 2 is 2.53 bits per heavy atom. The molecule has 1 amide bonds. The highest BCUT2D eigenvalue weighted by molar-refractivity contribution is 7.11. The van der Waals surface area contributed by atoms with Gasteiger partial charge in [0.25, 0.3) is 5.91 Å². The van der Waals surface area contributed by atoms with Crippen LogP contribution in [0.25, 0.3) is 0 Å². The maximum Gasteiger partial charge on any atom is 0.263 e. The van der Waals surface area contributed by atoms with Crippen molar-refractivity contribution in [1.82, 2.24) is 10.3 Å². The van der Waals surface area contributed by atoms with Crippen molar-refractivity contribution in [2.45, 2.75) is 31.9 Å². The molecule has 0 spiro atoms. The molecule has 82 valence electrons. The van der Waals surface area contributed by atoms with Gasteiger partial charge in [-0.2, -0.15) is 0 Å². The van der Waals surface area contributed by atoms with Crippen LogP contribution < -0.4 is 5.32 Å². The summed E-state index contributed by atoms with van der Waals surface area (Å²) in [6.07, 6.45) is 3.42. The van der Waals surface area contributed by atoms with E-state index in [-0.39, 0.29) is 5.91 Å². The van der Waals surface area contributed by atoms with E-state index in [4.69, 9.17) is 4.74 Å². The maximum atomic E-state index is 11.8. The summed E-state index contributed by atoms with van der Waals surface area (Å²) in [4.78, 5) is 16.6. The Balaban J connectivity index is 2.00. The zero-order valence-electron chi connectivity index (χ0n) is 8.66. The van der Waals surface area contributed by atoms with E-state index in [0.717, 1.165) is 18.5 Å². The lowest BCUT2D eigenvalue weighted by Crippen LogP contribution is -2.39. The lowest BCUT2D eigenvalue weighted by Gasteiger charge is -2.26. The second-order valence-electron chi connectivity index (χ2n) is 3.66. The summed E-state index contributed by atoms with van der Waals surface area (Å²) in [5, 5.41) is 2.99. The average molecular weight is 226 g/mol. The average Bonchev–Trinajstić information content (AvgIpc) is 2.60. The Morgan fingerprint density at radius 3 is 3.13 bits per heavy atom. The van der Waals surface area contributed by atoms with Gasteiger partial charge in [0.15, 0.2) is 0 Å². The predicted octanol–water partition coefficient (Wildman–Crippen LogP) is 1.57. The Kier molecular flexibility index (Phi) is 3.33. The van der Waals surface area contributed by atoms with E-state index in [0.29, 0.717) is 17.5 Å². The quantitative estimate of drug-likeness (QED) is 0.848. The van der Waals surface area contributed by atoms with Crippen molar-refractivity contribution in [2.75, 3.05) is 7.11 Å². The Bertz CT molecular complexity index is 347. The molecule has 4 nitrogen and oxygen atoms in total. The van der Waals surface area contributed by atoms with Crippen molar-refractivity contribution >= 4 is 17.2 Å². The molecule has 1 fully saturated rings. The first-order chi connectivity index (χ1) is 7.31. The SMILES string of the molecule is COCc1ncsc1C(=O)NC1CCC1. The highest BCUT2D eigenvalue weighted by Crippen LogP contribution is 2.20. The first kappa shape index (κ1) is 10.6. The summed E-state index contributed by atoms with van der Waals surface area (Å²) in [5.41, 5.74) is 2.42. The van der Waals surface area contributed by atoms with Crippen molar-refractivity contribution in [3.63, 3.8) is 0 Å². The molecule has 1 N–H and O–H groups in total. The minimum absolute atomic E-state index is 0.00532. The van der Waals surface area contributed by atoms with Gasteiger partial charge in [-0.1, -0.05) is 0 Å². The second kappa shape index (κ2) is 4.72. The lowest BCUT2D eigenvalue weighted by atomic mass is 9.93. The van der Waals surface area contributed by atoms with Gasteiger partial charge in [0.2, 0.25) is 0 Å². The van der Waals surface area contributed by atoms with Crippen molar-refractivity contribution in [3.8, 4) is 0 Å². The number of methoxy groups -OCH3 is 1. The molecule has 2 rings (SSSR count). The fraction of sp³-hybridized carbons (Fsp3) is 0.600. The van der Waals surface area contributed by atoms with E-state index >= 15 is 0 Å². The van der Waals surface area contributed by atoms with Crippen LogP contribution in [-0.4, -0.2) is 24.0 Å². The first-order valence-electron chi connectivity index (χ1n) is 5.03. The molecule has 0 saturated heterocycles.